The van der Waals surface area contributed by atoms with Gasteiger partial charge in [0.2, 0.25) is 5.91 Å². The van der Waals surface area contributed by atoms with Gasteiger partial charge in [-0.2, -0.15) is 0 Å². The van der Waals surface area contributed by atoms with Crippen molar-refractivity contribution in [2.75, 3.05) is 38.7 Å². The Labute approximate surface area is 159 Å². The highest BCUT2D eigenvalue weighted by molar-refractivity contribution is 6.01. The van der Waals surface area contributed by atoms with Crippen LogP contribution in [0.2, 0.25) is 0 Å². The lowest BCUT2D eigenvalue weighted by Gasteiger charge is -2.21. The molecule has 0 heterocycles. The average molecular weight is 377 g/mol. The minimum Gasteiger partial charge on any atom is -0.497 e. The van der Waals surface area contributed by atoms with Gasteiger partial charge < -0.3 is 14.8 Å². The van der Waals surface area contributed by atoms with Crippen LogP contribution in [0.1, 0.15) is 26.2 Å². The second-order valence-corrected chi connectivity index (χ2v) is 6.46. The Hall–Kier alpha value is -2.61. The van der Waals surface area contributed by atoms with E-state index in [0.29, 0.717) is 30.5 Å². The first kappa shape index (κ1) is 20.7. The van der Waals surface area contributed by atoms with Gasteiger partial charge >= 0.3 is 12.0 Å². The van der Waals surface area contributed by atoms with Crippen LogP contribution in [0.3, 0.4) is 0 Å². The number of rotatable bonds is 10. The van der Waals surface area contributed by atoms with Gasteiger partial charge in [0.25, 0.3) is 0 Å². The van der Waals surface area contributed by atoms with Crippen LogP contribution in [-0.2, 0) is 14.3 Å². The summed E-state index contributed by atoms with van der Waals surface area (Å²) < 4.78 is 9.98. The second-order valence-electron chi connectivity index (χ2n) is 6.46. The van der Waals surface area contributed by atoms with Crippen molar-refractivity contribution in [3.8, 4) is 5.75 Å². The molecule has 148 valence electrons. The molecule has 8 heteroatoms. The summed E-state index contributed by atoms with van der Waals surface area (Å²) in [5.41, 5.74) is 0.554. The van der Waals surface area contributed by atoms with Crippen molar-refractivity contribution in [3.05, 3.63) is 24.3 Å². The van der Waals surface area contributed by atoms with E-state index in [1.807, 2.05) is 4.90 Å². The van der Waals surface area contributed by atoms with Crippen molar-refractivity contribution in [2.24, 2.45) is 5.92 Å². The van der Waals surface area contributed by atoms with Crippen molar-refractivity contribution in [2.45, 2.75) is 26.2 Å². The van der Waals surface area contributed by atoms with Crippen molar-refractivity contribution >= 4 is 23.6 Å². The van der Waals surface area contributed by atoms with Gasteiger partial charge in [0.15, 0.2) is 0 Å². The fourth-order valence-electron chi connectivity index (χ4n) is 2.59. The molecular weight excluding hydrogens is 350 g/mol. The molecule has 1 fully saturated rings. The molecule has 27 heavy (non-hydrogen) atoms. The smallest absolute Gasteiger partial charge is 0.325 e. The third kappa shape index (κ3) is 8.08. The fourth-order valence-corrected chi connectivity index (χ4v) is 2.59. The lowest BCUT2D eigenvalue weighted by atomic mass is 10.3. The molecule has 0 radical (unpaired) electrons. The average Bonchev–Trinajstić information content (AvgIpc) is 3.44. The lowest BCUT2D eigenvalue weighted by Crippen LogP contribution is -2.43. The largest absolute Gasteiger partial charge is 0.497 e. The standard InChI is InChI=1S/C19H27N3O5/c1-3-27-18(24)10-11-22(12-14-4-5-14)13-17(23)21-19(25)20-15-6-8-16(26-2)9-7-15/h6-9,14H,3-5,10-13H2,1-2H3,(H2,20,21,23,25). The third-order valence-electron chi connectivity index (χ3n) is 4.12. The van der Waals surface area contributed by atoms with Crippen LogP contribution in [0.5, 0.6) is 5.75 Å². The van der Waals surface area contributed by atoms with Crippen molar-refractivity contribution < 1.29 is 23.9 Å². The molecule has 1 aliphatic rings. The van der Waals surface area contributed by atoms with E-state index in [0.717, 1.165) is 19.4 Å². The predicted octanol–water partition coefficient (Wildman–Crippen LogP) is 2.01. The maximum atomic E-state index is 12.2. The van der Waals surface area contributed by atoms with E-state index >= 15 is 0 Å². The zero-order chi connectivity index (χ0) is 19.6. The maximum Gasteiger partial charge on any atom is 0.325 e. The second kappa shape index (κ2) is 10.5. The molecule has 8 nitrogen and oxygen atoms in total. The number of ether oxygens (including phenoxy) is 2. The number of urea groups is 1. The number of amides is 3. The number of methoxy groups -OCH3 is 1. The van der Waals surface area contributed by atoms with Crippen LogP contribution in [0, 0.1) is 5.92 Å². The fraction of sp³-hybridized carbons (Fsp3) is 0.526. The summed E-state index contributed by atoms with van der Waals surface area (Å²) in [5.74, 6) is 0.545. The van der Waals surface area contributed by atoms with Crippen LogP contribution >= 0.6 is 0 Å². The number of benzene rings is 1. The van der Waals surface area contributed by atoms with Crippen LogP contribution < -0.4 is 15.4 Å². The monoisotopic (exact) mass is 377 g/mol. The number of anilines is 1. The van der Waals surface area contributed by atoms with Gasteiger partial charge in [-0.25, -0.2) is 4.79 Å². The minimum absolute atomic E-state index is 0.0614. The Bertz CT molecular complexity index is 643. The Kier molecular flexibility index (Phi) is 8.06. The van der Waals surface area contributed by atoms with Crippen LogP contribution in [-0.4, -0.2) is 56.2 Å². The van der Waals surface area contributed by atoms with E-state index in [9.17, 15) is 14.4 Å². The molecule has 2 rings (SSSR count). The van der Waals surface area contributed by atoms with E-state index < -0.39 is 11.9 Å². The number of nitrogens with one attached hydrogen (secondary N) is 2. The Morgan fingerprint density at radius 2 is 1.89 bits per heavy atom. The van der Waals surface area contributed by atoms with Crippen LogP contribution in [0.4, 0.5) is 10.5 Å². The Morgan fingerprint density at radius 3 is 2.48 bits per heavy atom. The highest BCUT2D eigenvalue weighted by Crippen LogP contribution is 2.29. The molecule has 0 spiro atoms. The molecule has 1 saturated carbocycles. The summed E-state index contributed by atoms with van der Waals surface area (Å²) >= 11 is 0. The zero-order valence-corrected chi connectivity index (χ0v) is 15.8. The van der Waals surface area contributed by atoms with Gasteiger partial charge in [0, 0.05) is 18.8 Å². The molecule has 1 aromatic rings. The molecule has 1 aliphatic carbocycles. The van der Waals surface area contributed by atoms with E-state index in [2.05, 4.69) is 10.6 Å². The number of carbonyl (C=O) groups excluding carboxylic acids is 3. The zero-order valence-electron chi connectivity index (χ0n) is 15.8. The molecule has 0 unspecified atom stereocenters. The Balaban J connectivity index is 1.78. The maximum absolute atomic E-state index is 12.2. The molecule has 0 aromatic heterocycles. The third-order valence-corrected chi connectivity index (χ3v) is 4.12. The van der Waals surface area contributed by atoms with Crippen molar-refractivity contribution in [3.63, 3.8) is 0 Å². The minimum atomic E-state index is -0.595. The number of esters is 1. The van der Waals surface area contributed by atoms with Crippen LogP contribution in [0.25, 0.3) is 0 Å². The van der Waals surface area contributed by atoms with Gasteiger partial charge in [-0.3, -0.25) is 19.8 Å². The number of imide groups is 1. The first-order valence-electron chi connectivity index (χ1n) is 9.13. The van der Waals surface area contributed by atoms with Gasteiger partial charge in [-0.1, -0.05) is 0 Å². The molecule has 0 aliphatic heterocycles. The lowest BCUT2D eigenvalue weighted by molar-refractivity contribution is -0.143. The van der Waals surface area contributed by atoms with E-state index in [4.69, 9.17) is 9.47 Å². The van der Waals surface area contributed by atoms with Crippen LogP contribution in [0.15, 0.2) is 24.3 Å². The highest BCUT2D eigenvalue weighted by atomic mass is 16.5. The van der Waals surface area contributed by atoms with Crippen molar-refractivity contribution in [1.82, 2.24) is 10.2 Å². The van der Waals surface area contributed by atoms with Gasteiger partial charge in [-0.15, -0.1) is 0 Å². The number of hydrogen-bond donors (Lipinski definition) is 2. The number of hydrogen-bond acceptors (Lipinski definition) is 6. The topological polar surface area (TPSA) is 97.0 Å². The molecular formula is C19H27N3O5. The Morgan fingerprint density at radius 1 is 1.19 bits per heavy atom. The molecule has 1 aromatic carbocycles. The van der Waals surface area contributed by atoms with Crippen molar-refractivity contribution in [1.29, 1.82) is 0 Å². The first-order valence-corrected chi connectivity index (χ1v) is 9.13. The summed E-state index contributed by atoms with van der Waals surface area (Å²) in [6.45, 7) is 3.34. The molecule has 0 atom stereocenters. The molecule has 3 amide bonds. The molecule has 0 saturated heterocycles. The summed E-state index contributed by atoms with van der Waals surface area (Å²) in [6.07, 6.45) is 2.50. The molecule has 2 N–H and O–H groups in total. The van der Waals surface area contributed by atoms with Gasteiger partial charge in [0.05, 0.1) is 26.7 Å². The summed E-state index contributed by atoms with van der Waals surface area (Å²) in [6, 6.07) is 6.19. The van der Waals surface area contributed by atoms with E-state index in [1.54, 1.807) is 38.3 Å². The SMILES string of the molecule is CCOC(=O)CCN(CC(=O)NC(=O)Nc1ccc(OC)cc1)CC1CC1. The summed E-state index contributed by atoms with van der Waals surface area (Å²) in [5, 5.41) is 4.91. The predicted molar refractivity (Wildman–Crippen MR) is 101 cm³/mol. The summed E-state index contributed by atoms with van der Waals surface area (Å²) in [7, 11) is 1.56. The van der Waals surface area contributed by atoms with Gasteiger partial charge in [-0.05, 0) is 49.9 Å². The highest BCUT2D eigenvalue weighted by Gasteiger charge is 2.26. The normalized spacial score (nSPS) is 13.1. The number of nitrogens with zero attached hydrogens (tertiary/aromatic N) is 1. The number of carbonyl (C=O) groups is 3. The van der Waals surface area contributed by atoms with E-state index in [-0.39, 0.29) is 18.9 Å². The summed E-state index contributed by atoms with van der Waals surface area (Å²) in [4.78, 5) is 37.6. The molecule has 0 bridgehead atoms. The first-order chi connectivity index (χ1) is 13.0. The quantitative estimate of drug-likeness (QED) is 0.606. The van der Waals surface area contributed by atoms with Gasteiger partial charge in [0.1, 0.15) is 5.75 Å². The van der Waals surface area contributed by atoms with E-state index in [1.165, 1.54) is 0 Å².